The van der Waals surface area contributed by atoms with Crippen LogP contribution in [-0.2, 0) is 0 Å². The Morgan fingerprint density at radius 3 is 3.00 bits per heavy atom. The Balaban J connectivity index is 2.28. The summed E-state index contributed by atoms with van der Waals surface area (Å²) in [6, 6.07) is 4.92. The van der Waals surface area contributed by atoms with E-state index in [1.165, 1.54) is 6.07 Å². The normalized spacial score (nSPS) is 11.1. The Labute approximate surface area is 90.7 Å². The molecule has 2 aromatic heterocycles. The van der Waals surface area contributed by atoms with Crippen molar-refractivity contribution in [2.75, 3.05) is 0 Å². The van der Waals surface area contributed by atoms with Crippen molar-refractivity contribution in [2.24, 2.45) is 0 Å². The fourth-order valence-electron chi connectivity index (χ4n) is 1.68. The molecular formula is C11H9FN4. The lowest BCUT2D eigenvalue weighted by atomic mass is 10.2. The third-order valence-electron chi connectivity index (χ3n) is 2.55. The molecule has 2 heterocycles. The molecule has 0 saturated carbocycles. The second-order valence-electron chi connectivity index (χ2n) is 3.58. The number of fused-ring (bicyclic) bond motifs is 1. The number of halogens is 1. The lowest BCUT2D eigenvalue weighted by Gasteiger charge is -1.94. The van der Waals surface area contributed by atoms with E-state index in [0.717, 1.165) is 5.52 Å². The number of hydrogen-bond acceptors (Lipinski definition) is 2. The number of imidazole rings is 1. The number of hydrogen-bond donors (Lipinski definition) is 1. The molecular weight excluding hydrogens is 207 g/mol. The van der Waals surface area contributed by atoms with Crippen molar-refractivity contribution >= 4 is 11.0 Å². The van der Waals surface area contributed by atoms with Crippen LogP contribution in [0.4, 0.5) is 4.39 Å². The van der Waals surface area contributed by atoms with Gasteiger partial charge in [0.05, 0.1) is 11.0 Å². The van der Waals surface area contributed by atoms with Gasteiger partial charge in [0.1, 0.15) is 5.82 Å². The molecule has 0 unspecified atom stereocenters. The highest BCUT2D eigenvalue weighted by atomic mass is 19.1. The third kappa shape index (κ3) is 1.21. The molecule has 0 aliphatic heterocycles. The number of H-pyrrole nitrogens is 1. The molecule has 0 aliphatic rings. The highest BCUT2D eigenvalue weighted by Gasteiger charge is 2.09. The smallest absolute Gasteiger partial charge is 0.229 e. The van der Waals surface area contributed by atoms with Gasteiger partial charge in [0.15, 0.2) is 0 Å². The molecule has 0 saturated heterocycles. The highest BCUT2D eigenvalue weighted by Crippen LogP contribution is 2.19. The molecule has 4 nitrogen and oxygen atoms in total. The van der Waals surface area contributed by atoms with Gasteiger partial charge in [-0.25, -0.2) is 14.1 Å². The van der Waals surface area contributed by atoms with Gasteiger partial charge in [0.2, 0.25) is 5.95 Å². The van der Waals surface area contributed by atoms with Crippen molar-refractivity contribution in [3.05, 3.63) is 42.0 Å². The van der Waals surface area contributed by atoms with Crippen LogP contribution in [0.5, 0.6) is 0 Å². The monoisotopic (exact) mass is 216 g/mol. The molecule has 0 bridgehead atoms. The maximum atomic E-state index is 13.3. The van der Waals surface area contributed by atoms with Gasteiger partial charge in [-0.05, 0) is 25.1 Å². The zero-order valence-electron chi connectivity index (χ0n) is 8.61. The molecule has 1 N–H and O–H groups in total. The van der Waals surface area contributed by atoms with Crippen LogP contribution in [-0.4, -0.2) is 19.7 Å². The topological polar surface area (TPSA) is 46.5 Å². The van der Waals surface area contributed by atoms with Crippen LogP contribution in [0.3, 0.4) is 0 Å². The van der Waals surface area contributed by atoms with Gasteiger partial charge >= 0.3 is 0 Å². The van der Waals surface area contributed by atoms with Gasteiger partial charge < -0.3 is 4.98 Å². The summed E-state index contributed by atoms with van der Waals surface area (Å²) in [6.07, 6.45) is 3.45. The van der Waals surface area contributed by atoms with Crippen LogP contribution in [0, 0.1) is 12.7 Å². The first-order valence-corrected chi connectivity index (χ1v) is 4.90. The number of rotatable bonds is 1. The molecule has 5 heteroatoms. The summed E-state index contributed by atoms with van der Waals surface area (Å²) in [5.41, 5.74) is 2.00. The van der Waals surface area contributed by atoms with Crippen LogP contribution in [0.2, 0.25) is 0 Å². The summed E-state index contributed by atoms with van der Waals surface area (Å²) < 4.78 is 14.9. The largest absolute Gasteiger partial charge is 0.322 e. The van der Waals surface area contributed by atoms with E-state index in [2.05, 4.69) is 15.1 Å². The van der Waals surface area contributed by atoms with Crippen LogP contribution < -0.4 is 0 Å². The lowest BCUT2D eigenvalue weighted by Crippen LogP contribution is -1.95. The Morgan fingerprint density at radius 1 is 1.38 bits per heavy atom. The Morgan fingerprint density at radius 2 is 2.25 bits per heavy atom. The number of nitrogens with one attached hydrogen (secondary N) is 1. The average Bonchev–Trinajstić information content (AvgIpc) is 2.91. The van der Waals surface area contributed by atoms with Gasteiger partial charge in [0, 0.05) is 18.0 Å². The summed E-state index contributed by atoms with van der Waals surface area (Å²) >= 11 is 0. The van der Waals surface area contributed by atoms with E-state index in [9.17, 15) is 4.39 Å². The van der Waals surface area contributed by atoms with E-state index >= 15 is 0 Å². The van der Waals surface area contributed by atoms with Gasteiger partial charge in [-0.1, -0.05) is 0 Å². The van der Waals surface area contributed by atoms with Crippen molar-refractivity contribution in [1.29, 1.82) is 0 Å². The SMILES string of the molecule is Cc1c(F)ccc2[nH]c(-n3cccn3)nc12. The van der Waals surface area contributed by atoms with Gasteiger partial charge in [-0.3, -0.25) is 0 Å². The maximum Gasteiger partial charge on any atom is 0.229 e. The van der Waals surface area contributed by atoms with E-state index in [4.69, 9.17) is 0 Å². The minimum Gasteiger partial charge on any atom is -0.322 e. The van der Waals surface area contributed by atoms with Crippen LogP contribution >= 0.6 is 0 Å². The van der Waals surface area contributed by atoms with Crippen molar-refractivity contribution in [3.63, 3.8) is 0 Å². The van der Waals surface area contributed by atoms with Crippen molar-refractivity contribution < 1.29 is 4.39 Å². The summed E-state index contributed by atoms with van der Waals surface area (Å²) in [5, 5.41) is 4.06. The molecule has 0 spiro atoms. The zero-order valence-corrected chi connectivity index (χ0v) is 8.61. The molecule has 0 fully saturated rings. The molecule has 80 valence electrons. The molecule has 1 aromatic carbocycles. The standard InChI is InChI=1S/C11H9FN4/c1-7-8(12)3-4-9-10(7)15-11(14-9)16-6-2-5-13-16/h2-6H,1H3,(H,14,15). The number of aromatic nitrogens is 4. The van der Waals surface area contributed by atoms with Gasteiger partial charge in [-0.2, -0.15) is 5.10 Å². The predicted molar refractivity (Wildman–Crippen MR) is 57.9 cm³/mol. The first-order valence-electron chi connectivity index (χ1n) is 4.90. The third-order valence-corrected chi connectivity index (χ3v) is 2.55. The Bertz CT molecular complexity index is 639. The molecule has 0 amide bonds. The van der Waals surface area contributed by atoms with E-state index in [-0.39, 0.29) is 5.82 Å². The van der Waals surface area contributed by atoms with Crippen LogP contribution in [0.25, 0.3) is 17.0 Å². The van der Waals surface area contributed by atoms with E-state index in [1.807, 2.05) is 0 Å². The fourth-order valence-corrected chi connectivity index (χ4v) is 1.68. The van der Waals surface area contributed by atoms with Crippen LogP contribution in [0.1, 0.15) is 5.56 Å². The second-order valence-corrected chi connectivity index (χ2v) is 3.58. The summed E-state index contributed by atoms with van der Waals surface area (Å²) in [7, 11) is 0. The molecule has 0 aliphatic carbocycles. The van der Waals surface area contributed by atoms with E-state index < -0.39 is 0 Å². The number of benzene rings is 1. The minimum atomic E-state index is -0.244. The first-order chi connectivity index (χ1) is 7.75. The molecule has 0 radical (unpaired) electrons. The predicted octanol–water partition coefficient (Wildman–Crippen LogP) is 2.20. The van der Waals surface area contributed by atoms with Crippen molar-refractivity contribution in [1.82, 2.24) is 19.7 Å². The lowest BCUT2D eigenvalue weighted by molar-refractivity contribution is 0.620. The molecule has 3 rings (SSSR count). The van der Waals surface area contributed by atoms with Crippen molar-refractivity contribution in [3.8, 4) is 5.95 Å². The number of aryl methyl sites for hydroxylation is 1. The summed E-state index contributed by atoms with van der Waals surface area (Å²) in [6.45, 7) is 1.71. The quantitative estimate of drug-likeness (QED) is 0.677. The zero-order chi connectivity index (χ0) is 11.1. The van der Waals surface area contributed by atoms with Crippen molar-refractivity contribution in [2.45, 2.75) is 6.92 Å². The fraction of sp³-hybridized carbons (Fsp3) is 0.0909. The Kier molecular flexibility index (Phi) is 1.80. The van der Waals surface area contributed by atoms with Gasteiger partial charge in [0.25, 0.3) is 0 Å². The number of nitrogens with zero attached hydrogens (tertiary/aromatic N) is 3. The molecule has 0 atom stereocenters. The van der Waals surface area contributed by atoms with E-state index in [0.29, 0.717) is 17.0 Å². The minimum absolute atomic E-state index is 0.244. The molecule has 3 aromatic rings. The second kappa shape index (κ2) is 3.16. The van der Waals surface area contributed by atoms with E-state index in [1.54, 1.807) is 36.1 Å². The first kappa shape index (κ1) is 9.08. The summed E-state index contributed by atoms with van der Waals surface area (Å²) in [5.74, 6) is 0.347. The van der Waals surface area contributed by atoms with Crippen LogP contribution in [0.15, 0.2) is 30.6 Å². The average molecular weight is 216 g/mol. The van der Waals surface area contributed by atoms with Gasteiger partial charge in [-0.15, -0.1) is 0 Å². The Hall–Kier alpha value is -2.17. The highest BCUT2D eigenvalue weighted by molar-refractivity contribution is 5.79. The molecule has 16 heavy (non-hydrogen) atoms. The summed E-state index contributed by atoms with van der Waals surface area (Å²) in [4.78, 5) is 7.41. The number of aromatic amines is 1. The maximum absolute atomic E-state index is 13.3.